The number of hydrogen-bond acceptors (Lipinski definition) is 4. The Morgan fingerprint density at radius 3 is 2.91 bits per heavy atom. The first-order chi connectivity index (χ1) is 10.8. The third-order valence-corrected chi connectivity index (χ3v) is 5.39. The van der Waals surface area contributed by atoms with E-state index >= 15 is 0 Å². The average Bonchev–Trinajstić information content (AvgIpc) is 3.19. The van der Waals surface area contributed by atoms with Gasteiger partial charge in [-0.05, 0) is 56.7 Å². The number of likely N-dealkylation sites (tertiary alicyclic amines) is 2. The van der Waals surface area contributed by atoms with Gasteiger partial charge in [0.05, 0.1) is 5.03 Å². The van der Waals surface area contributed by atoms with E-state index in [-0.39, 0.29) is 5.91 Å². The highest BCUT2D eigenvalue weighted by molar-refractivity contribution is 7.99. The number of amides is 1. The zero-order valence-corrected chi connectivity index (χ0v) is 14.1. The van der Waals surface area contributed by atoms with Crippen molar-refractivity contribution in [3.63, 3.8) is 0 Å². The Morgan fingerprint density at radius 1 is 1.32 bits per heavy atom. The van der Waals surface area contributed by atoms with Crippen molar-refractivity contribution in [1.29, 1.82) is 0 Å². The summed E-state index contributed by atoms with van der Waals surface area (Å²) < 4.78 is 0. The van der Waals surface area contributed by atoms with Crippen molar-refractivity contribution < 1.29 is 4.79 Å². The number of hydrogen-bond donors (Lipinski definition) is 0. The van der Waals surface area contributed by atoms with Crippen LogP contribution in [-0.2, 0) is 0 Å². The van der Waals surface area contributed by atoms with Crippen LogP contribution in [0.15, 0.2) is 23.4 Å². The molecule has 1 unspecified atom stereocenters. The topological polar surface area (TPSA) is 36.4 Å². The summed E-state index contributed by atoms with van der Waals surface area (Å²) in [5.74, 6) is 1.16. The van der Waals surface area contributed by atoms with Crippen LogP contribution in [-0.4, -0.2) is 58.7 Å². The van der Waals surface area contributed by atoms with Crippen LogP contribution in [0.2, 0.25) is 0 Å². The molecule has 22 heavy (non-hydrogen) atoms. The molecule has 5 heteroatoms. The molecule has 0 spiro atoms. The van der Waals surface area contributed by atoms with Crippen molar-refractivity contribution in [2.24, 2.45) is 0 Å². The molecule has 1 aromatic heterocycles. The molecule has 3 rings (SSSR count). The minimum absolute atomic E-state index is 0.182. The molecule has 0 N–H and O–H groups in total. The summed E-state index contributed by atoms with van der Waals surface area (Å²) in [6, 6.07) is 4.19. The second-order valence-corrected chi connectivity index (χ2v) is 7.40. The van der Waals surface area contributed by atoms with E-state index in [1.807, 2.05) is 12.1 Å². The van der Waals surface area contributed by atoms with Crippen molar-refractivity contribution in [3.8, 4) is 0 Å². The Kier molecular flexibility index (Phi) is 5.37. The summed E-state index contributed by atoms with van der Waals surface area (Å²) in [5, 5.41) is 0.948. The van der Waals surface area contributed by atoms with Gasteiger partial charge in [-0.15, -0.1) is 11.8 Å². The lowest BCUT2D eigenvalue weighted by molar-refractivity contribution is 0.0708. The fourth-order valence-electron chi connectivity index (χ4n) is 3.49. The summed E-state index contributed by atoms with van der Waals surface area (Å²) in [7, 11) is 0. The molecule has 1 amide bonds. The monoisotopic (exact) mass is 319 g/mol. The molecule has 1 atom stereocenters. The number of thioether (sulfide) groups is 1. The Hall–Kier alpha value is -1.07. The van der Waals surface area contributed by atoms with Crippen molar-refractivity contribution >= 4 is 17.7 Å². The second-order valence-electron chi connectivity index (χ2n) is 6.12. The predicted octanol–water partition coefficient (Wildman–Crippen LogP) is 2.89. The fourth-order valence-corrected chi connectivity index (χ4v) is 4.13. The van der Waals surface area contributed by atoms with E-state index in [0.717, 1.165) is 42.3 Å². The Morgan fingerprint density at radius 2 is 2.14 bits per heavy atom. The van der Waals surface area contributed by atoms with E-state index in [1.165, 1.54) is 25.9 Å². The molecule has 2 aliphatic heterocycles. The van der Waals surface area contributed by atoms with Gasteiger partial charge in [0.15, 0.2) is 0 Å². The molecule has 4 nitrogen and oxygen atoms in total. The normalized spacial score (nSPS) is 22.4. The number of carbonyl (C=O) groups is 1. The zero-order valence-electron chi connectivity index (χ0n) is 13.3. The van der Waals surface area contributed by atoms with Crippen LogP contribution in [0.4, 0.5) is 0 Å². The summed E-state index contributed by atoms with van der Waals surface area (Å²) in [4.78, 5) is 21.8. The Bertz CT molecular complexity index is 516. The highest BCUT2D eigenvalue weighted by Gasteiger charge is 2.31. The standard InChI is InChI=1S/C17H25N3OS/c1-2-22-16-12-14(7-8-18-16)17(21)20-11-5-6-15(20)13-19-9-3-4-10-19/h7-8,12,15H,2-6,9-11,13H2,1H3. The van der Waals surface area contributed by atoms with Gasteiger partial charge in [-0.3, -0.25) is 4.79 Å². The summed E-state index contributed by atoms with van der Waals surface area (Å²) in [5.41, 5.74) is 0.791. The molecule has 2 saturated heterocycles. The first kappa shape index (κ1) is 15.8. The molecule has 2 fully saturated rings. The first-order valence-corrected chi connectivity index (χ1v) is 9.38. The van der Waals surface area contributed by atoms with Crippen molar-refractivity contribution in [3.05, 3.63) is 23.9 Å². The molecule has 0 saturated carbocycles. The lowest BCUT2D eigenvalue weighted by atomic mass is 10.2. The van der Waals surface area contributed by atoms with Gasteiger partial charge in [0, 0.05) is 30.9 Å². The molecule has 0 radical (unpaired) electrons. The molecule has 0 aromatic carbocycles. The number of rotatable bonds is 5. The van der Waals surface area contributed by atoms with Crippen LogP contribution < -0.4 is 0 Å². The predicted molar refractivity (Wildman–Crippen MR) is 90.4 cm³/mol. The maximum atomic E-state index is 12.9. The van der Waals surface area contributed by atoms with Crippen LogP contribution in [0.1, 0.15) is 43.0 Å². The van der Waals surface area contributed by atoms with E-state index in [2.05, 4.69) is 21.7 Å². The lowest BCUT2D eigenvalue weighted by Crippen LogP contribution is -2.42. The molecule has 1 aromatic rings. The van der Waals surface area contributed by atoms with Crippen LogP contribution in [0.5, 0.6) is 0 Å². The second kappa shape index (κ2) is 7.47. The van der Waals surface area contributed by atoms with Gasteiger partial charge in [0.25, 0.3) is 5.91 Å². The molecule has 2 aliphatic rings. The first-order valence-electron chi connectivity index (χ1n) is 8.40. The van der Waals surface area contributed by atoms with Gasteiger partial charge < -0.3 is 9.80 Å². The number of pyridine rings is 1. The van der Waals surface area contributed by atoms with Gasteiger partial charge >= 0.3 is 0 Å². The summed E-state index contributed by atoms with van der Waals surface area (Å²) in [6.45, 7) is 6.45. The number of aromatic nitrogens is 1. The molecule has 0 aliphatic carbocycles. The van der Waals surface area contributed by atoms with Crippen LogP contribution in [0.3, 0.4) is 0 Å². The lowest BCUT2D eigenvalue weighted by Gasteiger charge is -2.28. The van der Waals surface area contributed by atoms with Gasteiger partial charge in [0.1, 0.15) is 0 Å². The highest BCUT2D eigenvalue weighted by atomic mass is 32.2. The van der Waals surface area contributed by atoms with E-state index in [9.17, 15) is 4.79 Å². The van der Waals surface area contributed by atoms with Gasteiger partial charge in [-0.1, -0.05) is 6.92 Å². The third-order valence-electron chi connectivity index (χ3n) is 4.58. The zero-order chi connectivity index (χ0) is 15.4. The molecule has 3 heterocycles. The van der Waals surface area contributed by atoms with Crippen LogP contribution in [0.25, 0.3) is 0 Å². The largest absolute Gasteiger partial charge is 0.334 e. The SMILES string of the molecule is CCSc1cc(C(=O)N2CCCC2CN2CCCC2)ccn1. The van der Waals surface area contributed by atoms with E-state index in [1.54, 1.807) is 18.0 Å². The number of nitrogens with zero attached hydrogens (tertiary/aromatic N) is 3. The van der Waals surface area contributed by atoms with Gasteiger partial charge in [-0.25, -0.2) is 4.98 Å². The summed E-state index contributed by atoms with van der Waals surface area (Å²) >= 11 is 1.69. The van der Waals surface area contributed by atoms with E-state index < -0.39 is 0 Å². The van der Waals surface area contributed by atoms with Crippen molar-refractivity contribution in [2.75, 3.05) is 31.9 Å². The van der Waals surface area contributed by atoms with Gasteiger partial charge in [0.2, 0.25) is 0 Å². The maximum Gasteiger partial charge on any atom is 0.254 e. The quantitative estimate of drug-likeness (QED) is 0.782. The number of carbonyl (C=O) groups excluding carboxylic acids is 1. The fraction of sp³-hybridized carbons (Fsp3) is 0.647. The summed E-state index contributed by atoms with van der Waals surface area (Å²) in [6.07, 6.45) is 6.65. The van der Waals surface area contributed by atoms with Crippen LogP contribution >= 0.6 is 11.8 Å². The minimum atomic E-state index is 0.182. The minimum Gasteiger partial charge on any atom is -0.334 e. The third kappa shape index (κ3) is 3.63. The average molecular weight is 319 g/mol. The highest BCUT2D eigenvalue weighted by Crippen LogP contribution is 2.24. The van der Waals surface area contributed by atoms with Crippen molar-refractivity contribution in [1.82, 2.24) is 14.8 Å². The molecule has 0 bridgehead atoms. The molecular weight excluding hydrogens is 294 g/mol. The van der Waals surface area contributed by atoms with Crippen molar-refractivity contribution in [2.45, 2.75) is 43.7 Å². The Labute approximate surface area is 137 Å². The van der Waals surface area contributed by atoms with E-state index in [0.29, 0.717) is 6.04 Å². The van der Waals surface area contributed by atoms with Crippen LogP contribution in [0, 0.1) is 0 Å². The van der Waals surface area contributed by atoms with E-state index in [4.69, 9.17) is 0 Å². The Balaban J connectivity index is 1.68. The van der Waals surface area contributed by atoms with Gasteiger partial charge in [-0.2, -0.15) is 0 Å². The molecular formula is C17H25N3OS. The maximum absolute atomic E-state index is 12.9. The molecule has 120 valence electrons. The smallest absolute Gasteiger partial charge is 0.254 e.